The van der Waals surface area contributed by atoms with Gasteiger partial charge in [0.1, 0.15) is 5.75 Å². The zero-order chi connectivity index (χ0) is 13.7. The third-order valence-corrected chi connectivity index (χ3v) is 2.67. The fourth-order valence-electron chi connectivity index (χ4n) is 1.62. The Bertz CT molecular complexity index is 568. The zero-order valence-corrected chi connectivity index (χ0v) is 10.1. The lowest BCUT2D eigenvalue weighted by atomic mass is 10.00. The summed E-state index contributed by atoms with van der Waals surface area (Å²) in [6.07, 6.45) is 9.81. The Balaban J connectivity index is 1.93. The predicted molar refractivity (Wildman–Crippen MR) is 71.5 cm³/mol. The maximum atomic E-state index is 11.7. The van der Waals surface area contributed by atoms with E-state index in [0.717, 1.165) is 0 Å². The molecule has 0 aliphatic heterocycles. The number of hydrogen-bond donors (Lipinski definition) is 2. The van der Waals surface area contributed by atoms with Crippen molar-refractivity contribution < 1.29 is 14.7 Å². The van der Waals surface area contributed by atoms with Crippen LogP contribution in [0.2, 0.25) is 0 Å². The largest absolute Gasteiger partial charge is 0.508 e. The summed E-state index contributed by atoms with van der Waals surface area (Å²) < 4.78 is 0. The fraction of sp³-hybridized carbons (Fsp3) is 0.0667. The highest BCUT2D eigenvalue weighted by atomic mass is 16.3. The molecule has 0 aromatic heterocycles. The van der Waals surface area contributed by atoms with Gasteiger partial charge < -0.3 is 10.4 Å². The molecule has 1 aliphatic rings. The van der Waals surface area contributed by atoms with Gasteiger partial charge in [0.05, 0.1) is 5.92 Å². The number of hydrogen-bond acceptors (Lipinski definition) is 3. The Morgan fingerprint density at radius 3 is 2.63 bits per heavy atom. The first-order valence-corrected chi connectivity index (χ1v) is 5.82. The second kappa shape index (κ2) is 5.82. The summed E-state index contributed by atoms with van der Waals surface area (Å²) in [6.45, 7) is 0. The minimum atomic E-state index is -0.329. The van der Waals surface area contributed by atoms with Crippen molar-refractivity contribution in [2.75, 3.05) is 0 Å². The maximum absolute atomic E-state index is 11.7. The van der Waals surface area contributed by atoms with Gasteiger partial charge in [0.15, 0.2) is 5.78 Å². The van der Waals surface area contributed by atoms with Gasteiger partial charge in [-0.25, -0.2) is 0 Å². The van der Waals surface area contributed by atoms with Crippen LogP contribution in [0, 0.1) is 5.92 Å². The normalized spacial score (nSPS) is 17.9. The molecule has 19 heavy (non-hydrogen) atoms. The Morgan fingerprint density at radius 2 is 1.95 bits per heavy atom. The van der Waals surface area contributed by atoms with E-state index in [1.807, 2.05) is 0 Å². The van der Waals surface area contributed by atoms with Crippen molar-refractivity contribution in [2.24, 2.45) is 5.92 Å². The van der Waals surface area contributed by atoms with Gasteiger partial charge in [-0.2, -0.15) is 0 Å². The SMILES string of the molecule is O=C(NC=CC1C=CC=CC1=O)c1ccc(O)cc1. The van der Waals surface area contributed by atoms with Gasteiger partial charge in [0.25, 0.3) is 5.91 Å². The molecule has 0 saturated carbocycles. The molecule has 4 nitrogen and oxygen atoms in total. The molecule has 0 radical (unpaired) electrons. The number of nitrogens with one attached hydrogen (secondary N) is 1. The van der Waals surface area contributed by atoms with Crippen molar-refractivity contribution in [3.8, 4) is 5.75 Å². The minimum Gasteiger partial charge on any atom is -0.508 e. The van der Waals surface area contributed by atoms with Crippen LogP contribution in [0.15, 0.2) is 60.8 Å². The van der Waals surface area contributed by atoms with Crippen LogP contribution in [0.1, 0.15) is 10.4 Å². The molecule has 1 unspecified atom stereocenters. The molecule has 0 fully saturated rings. The number of aromatic hydroxyl groups is 1. The number of phenols is 1. The van der Waals surface area contributed by atoms with E-state index in [-0.39, 0.29) is 23.4 Å². The molecule has 1 aromatic carbocycles. The fourth-order valence-corrected chi connectivity index (χ4v) is 1.62. The first-order valence-electron chi connectivity index (χ1n) is 5.82. The number of benzene rings is 1. The summed E-state index contributed by atoms with van der Waals surface area (Å²) in [5, 5.41) is 11.7. The molecule has 0 spiro atoms. The Morgan fingerprint density at radius 1 is 1.21 bits per heavy atom. The molecule has 4 heteroatoms. The molecule has 1 aromatic rings. The lowest BCUT2D eigenvalue weighted by molar-refractivity contribution is -0.115. The third-order valence-electron chi connectivity index (χ3n) is 2.67. The van der Waals surface area contributed by atoms with Crippen LogP contribution < -0.4 is 5.32 Å². The average molecular weight is 255 g/mol. The molecule has 1 amide bonds. The van der Waals surface area contributed by atoms with Crippen LogP contribution in [-0.4, -0.2) is 16.8 Å². The number of ketones is 1. The monoisotopic (exact) mass is 255 g/mol. The molecule has 0 bridgehead atoms. The Hall–Kier alpha value is -2.62. The molecular weight excluding hydrogens is 242 g/mol. The lowest BCUT2D eigenvalue weighted by Gasteiger charge is -2.06. The summed E-state index contributed by atoms with van der Waals surface area (Å²) in [7, 11) is 0. The first-order chi connectivity index (χ1) is 9.16. The third kappa shape index (κ3) is 3.42. The molecule has 0 heterocycles. The molecule has 1 aliphatic carbocycles. The number of amides is 1. The number of rotatable bonds is 3. The lowest BCUT2D eigenvalue weighted by Crippen LogP contribution is -2.18. The highest BCUT2D eigenvalue weighted by Crippen LogP contribution is 2.10. The van der Waals surface area contributed by atoms with E-state index in [1.54, 1.807) is 24.3 Å². The Kier molecular flexibility index (Phi) is 3.93. The van der Waals surface area contributed by atoms with Gasteiger partial charge in [-0.3, -0.25) is 9.59 Å². The molecule has 0 saturated heterocycles. The number of carbonyl (C=O) groups is 2. The maximum Gasteiger partial charge on any atom is 0.255 e. The van der Waals surface area contributed by atoms with Crippen LogP contribution in [0.4, 0.5) is 0 Å². The van der Waals surface area contributed by atoms with E-state index in [9.17, 15) is 9.59 Å². The van der Waals surface area contributed by atoms with Crippen LogP contribution >= 0.6 is 0 Å². The molecule has 1 atom stereocenters. The van der Waals surface area contributed by atoms with E-state index in [1.165, 1.54) is 36.5 Å². The summed E-state index contributed by atoms with van der Waals surface area (Å²) in [6, 6.07) is 5.92. The van der Waals surface area contributed by atoms with Crippen molar-refractivity contribution in [1.82, 2.24) is 5.32 Å². The molecular formula is C15H13NO3. The van der Waals surface area contributed by atoms with Gasteiger partial charge in [0.2, 0.25) is 0 Å². The number of carbonyl (C=O) groups excluding carboxylic acids is 2. The summed E-state index contributed by atoms with van der Waals surface area (Å²) >= 11 is 0. The Labute approximate surface area is 110 Å². The quantitative estimate of drug-likeness (QED) is 0.867. The second-order valence-electron chi connectivity index (χ2n) is 4.05. The van der Waals surface area contributed by atoms with E-state index >= 15 is 0 Å². The van der Waals surface area contributed by atoms with Crippen LogP contribution in [-0.2, 0) is 4.79 Å². The van der Waals surface area contributed by atoms with Gasteiger partial charge in [-0.15, -0.1) is 0 Å². The predicted octanol–water partition coefficient (Wildman–Crippen LogP) is 1.95. The summed E-state index contributed by atoms with van der Waals surface area (Å²) in [5.41, 5.74) is 0.438. The van der Waals surface area contributed by atoms with Gasteiger partial charge >= 0.3 is 0 Å². The van der Waals surface area contributed by atoms with Crippen molar-refractivity contribution in [2.45, 2.75) is 0 Å². The summed E-state index contributed by atoms with van der Waals surface area (Å²) in [5.74, 6) is -0.529. The highest BCUT2D eigenvalue weighted by molar-refractivity contribution is 5.96. The highest BCUT2D eigenvalue weighted by Gasteiger charge is 2.10. The van der Waals surface area contributed by atoms with Gasteiger partial charge in [0, 0.05) is 11.8 Å². The van der Waals surface area contributed by atoms with E-state index in [4.69, 9.17) is 5.11 Å². The molecule has 96 valence electrons. The van der Waals surface area contributed by atoms with Crippen molar-refractivity contribution in [1.29, 1.82) is 0 Å². The van der Waals surface area contributed by atoms with Crippen LogP contribution in [0.5, 0.6) is 5.75 Å². The van der Waals surface area contributed by atoms with Gasteiger partial charge in [-0.1, -0.05) is 24.3 Å². The molecule has 2 N–H and O–H groups in total. The standard InChI is InChI=1S/C15H13NO3/c17-13-7-5-12(6-8-13)15(19)16-10-9-11-3-1-2-4-14(11)18/h1-11,17H,(H,16,19). The van der Waals surface area contributed by atoms with Crippen molar-refractivity contribution >= 4 is 11.7 Å². The van der Waals surface area contributed by atoms with Crippen molar-refractivity contribution in [3.63, 3.8) is 0 Å². The number of phenolic OH excluding ortho intramolecular Hbond substituents is 1. The van der Waals surface area contributed by atoms with Crippen LogP contribution in [0.3, 0.4) is 0 Å². The first kappa shape index (κ1) is 12.8. The smallest absolute Gasteiger partial charge is 0.255 e. The average Bonchev–Trinajstić information content (AvgIpc) is 2.41. The summed E-state index contributed by atoms with van der Waals surface area (Å²) in [4.78, 5) is 23.2. The number of allylic oxidation sites excluding steroid dienone is 5. The van der Waals surface area contributed by atoms with Gasteiger partial charge in [-0.05, 0) is 30.3 Å². The van der Waals surface area contributed by atoms with E-state index in [2.05, 4.69) is 5.32 Å². The van der Waals surface area contributed by atoms with E-state index in [0.29, 0.717) is 5.56 Å². The topological polar surface area (TPSA) is 66.4 Å². The van der Waals surface area contributed by atoms with Crippen LogP contribution in [0.25, 0.3) is 0 Å². The van der Waals surface area contributed by atoms with E-state index < -0.39 is 0 Å². The zero-order valence-electron chi connectivity index (χ0n) is 10.1. The minimum absolute atomic E-state index is 0.0161. The molecule has 2 rings (SSSR count). The van der Waals surface area contributed by atoms with Crippen molar-refractivity contribution in [3.05, 3.63) is 66.4 Å². The second-order valence-corrected chi connectivity index (χ2v) is 4.05.